The highest BCUT2D eigenvalue weighted by atomic mass is 16.6. The Balaban J connectivity index is 1.19. The molecule has 302 valence electrons. The third-order valence-electron chi connectivity index (χ3n) is 10.1. The molecule has 0 radical (unpaired) electrons. The van der Waals surface area contributed by atoms with Crippen LogP contribution in [0.2, 0.25) is 0 Å². The van der Waals surface area contributed by atoms with Gasteiger partial charge in [0.1, 0.15) is 28.8 Å². The fourth-order valence-corrected chi connectivity index (χ4v) is 7.24. The lowest BCUT2D eigenvalue weighted by Gasteiger charge is -2.46. The number of benzene rings is 2. The van der Waals surface area contributed by atoms with Crippen LogP contribution < -0.4 is 25.4 Å². The summed E-state index contributed by atoms with van der Waals surface area (Å²) in [6.45, 7) is 15.8. The van der Waals surface area contributed by atoms with Gasteiger partial charge in [0.25, 0.3) is 5.91 Å². The average molecular weight is 766 g/mol. The normalized spacial score (nSPS) is 21.3. The summed E-state index contributed by atoms with van der Waals surface area (Å²) in [5.74, 6) is 0.948. The lowest BCUT2D eigenvalue weighted by atomic mass is 9.85. The molecule has 3 aliphatic heterocycles. The van der Waals surface area contributed by atoms with Crippen molar-refractivity contribution < 1.29 is 42.8 Å². The van der Waals surface area contributed by atoms with E-state index in [2.05, 4.69) is 16.0 Å². The highest BCUT2D eigenvalue weighted by molar-refractivity contribution is 6.00. The van der Waals surface area contributed by atoms with Crippen LogP contribution in [0.1, 0.15) is 114 Å². The fraction of sp³-hybridized carbons (Fsp3) is 0.610. The van der Waals surface area contributed by atoms with Gasteiger partial charge < -0.3 is 44.4 Å². The third kappa shape index (κ3) is 11.1. The van der Waals surface area contributed by atoms with Gasteiger partial charge >= 0.3 is 6.09 Å². The Morgan fingerprint density at radius 1 is 0.964 bits per heavy atom. The smallest absolute Gasteiger partial charge is 0.407 e. The molecular formula is C41H59N5O9. The van der Waals surface area contributed by atoms with Crippen LogP contribution in [0.5, 0.6) is 11.5 Å². The van der Waals surface area contributed by atoms with Crippen molar-refractivity contribution in [3.05, 3.63) is 59.2 Å². The van der Waals surface area contributed by atoms with Crippen molar-refractivity contribution in [2.45, 2.75) is 115 Å². The molecule has 0 saturated carbocycles. The van der Waals surface area contributed by atoms with E-state index in [1.165, 1.54) is 4.90 Å². The largest absolute Gasteiger partial charge is 0.488 e. The predicted octanol–water partition coefficient (Wildman–Crippen LogP) is 5.80. The topological polar surface area (TPSA) is 170 Å². The molecule has 3 amide bonds. The molecule has 2 aromatic carbocycles. The molecule has 3 atom stereocenters. The molecule has 0 bridgehead atoms. The summed E-state index contributed by atoms with van der Waals surface area (Å²) in [6, 6.07) is 12.2. The standard InChI is InChI=1S/C41H59N5O9/c1-8-41(9-2)25-35(47)46(37(42)45-41)32-23-28(26-52-21-20-51-19-18-50-17-16-43-38(49)55-39(3,4)5)53-33-15-14-27(22-30(32)33)36(48)44-31-24-40(6,7)54-34-13-11-10-12-29(31)34/h10-15,22,28,31-32H,8-9,16-21,23-26H2,1-7H3,(H2,42,45)(H,43,49)(H,44,48)/t28-,31+,32+/m1/s1. The third-order valence-corrected chi connectivity index (χ3v) is 10.1. The van der Waals surface area contributed by atoms with E-state index in [0.29, 0.717) is 82.1 Å². The summed E-state index contributed by atoms with van der Waals surface area (Å²) in [5.41, 5.74) is 0.539. The van der Waals surface area contributed by atoms with Crippen LogP contribution in [-0.4, -0.2) is 97.8 Å². The van der Waals surface area contributed by atoms with Gasteiger partial charge in [0.05, 0.1) is 58.1 Å². The number of hydrogen-bond donors (Lipinski definition) is 4. The minimum atomic E-state index is -0.554. The van der Waals surface area contributed by atoms with Gasteiger partial charge in [-0.1, -0.05) is 32.0 Å². The maximum Gasteiger partial charge on any atom is 0.407 e. The van der Waals surface area contributed by atoms with Gasteiger partial charge in [-0.05, 0) is 71.7 Å². The van der Waals surface area contributed by atoms with E-state index in [1.54, 1.807) is 39.0 Å². The van der Waals surface area contributed by atoms with E-state index in [4.69, 9.17) is 33.8 Å². The van der Waals surface area contributed by atoms with Gasteiger partial charge in [-0.15, -0.1) is 0 Å². The van der Waals surface area contributed by atoms with Crippen molar-refractivity contribution in [3.63, 3.8) is 0 Å². The highest BCUT2D eigenvalue weighted by Crippen LogP contribution is 2.43. The Morgan fingerprint density at radius 2 is 1.65 bits per heavy atom. The molecule has 14 heteroatoms. The summed E-state index contributed by atoms with van der Waals surface area (Å²) >= 11 is 0. The molecule has 14 nitrogen and oxygen atoms in total. The Morgan fingerprint density at radius 3 is 2.35 bits per heavy atom. The first-order valence-corrected chi connectivity index (χ1v) is 19.4. The van der Waals surface area contributed by atoms with Crippen molar-refractivity contribution in [2.24, 2.45) is 0 Å². The molecule has 3 heterocycles. The number of ether oxygens (including phenoxy) is 6. The fourth-order valence-electron chi connectivity index (χ4n) is 7.24. The quantitative estimate of drug-likeness (QED) is 0.153. The number of amides is 3. The van der Waals surface area contributed by atoms with Gasteiger partial charge in [0.2, 0.25) is 5.91 Å². The summed E-state index contributed by atoms with van der Waals surface area (Å²) in [5, 5.41) is 18.2. The number of para-hydroxylation sites is 1. The first-order chi connectivity index (χ1) is 26.1. The zero-order chi connectivity index (χ0) is 39.8. The maximum atomic E-state index is 13.9. The molecule has 0 spiro atoms. The minimum Gasteiger partial charge on any atom is -0.488 e. The van der Waals surface area contributed by atoms with Gasteiger partial charge in [-0.25, -0.2) is 4.79 Å². The highest BCUT2D eigenvalue weighted by Gasteiger charge is 2.45. The zero-order valence-electron chi connectivity index (χ0n) is 33.4. The van der Waals surface area contributed by atoms with Crippen LogP contribution in [0.25, 0.3) is 0 Å². The van der Waals surface area contributed by atoms with E-state index in [9.17, 15) is 14.4 Å². The number of guanidine groups is 1. The number of alkyl carbamates (subject to hydrolysis) is 1. The molecule has 1 saturated heterocycles. The van der Waals surface area contributed by atoms with Gasteiger partial charge in [0.15, 0.2) is 5.96 Å². The van der Waals surface area contributed by atoms with Crippen LogP contribution >= 0.6 is 0 Å². The number of fused-ring (bicyclic) bond motifs is 2. The molecule has 0 unspecified atom stereocenters. The van der Waals surface area contributed by atoms with Crippen LogP contribution in [-0.2, 0) is 23.7 Å². The van der Waals surface area contributed by atoms with E-state index in [-0.39, 0.29) is 36.8 Å². The summed E-state index contributed by atoms with van der Waals surface area (Å²) in [7, 11) is 0. The van der Waals surface area contributed by atoms with Crippen LogP contribution in [0.4, 0.5) is 4.79 Å². The summed E-state index contributed by atoms with van der Waals surface area (Å²) in [4.78, 5) is 40.9. The van der Waals surface area contributed by atoms with Gasteiger partial charge in [0, 0.05) is 41.6 Å². The molecular weight excluding hydrogens is 706 g/mol. The molecule has 0 aromatic heterocycles. The molecule has 4 N–H and O–H groups in total. The summed E-state index contributed by atoms with van der Waals surface area (Å²) < 4.78 is 34.9. The van der Waals surface area contributed by atoms with Crippen molar-refractivity contribution in [1.82, 2.24) is 20.9 Å². The van der Waals surface area contributed by atoms with Crippen molar-refractivity contribution in [1.29, 1.82) is 5.41 Å². The van der Waals surface area contributed by atoms with Crippen LogP contribution in [0.15, 0.2) is 42.5 Å². The van der Waals surface area contributed by atoms with Crippen molar-refractivity contribution in [2.75, 3.05) is 46.2 Å². The molecule has 1 fully saturated rings. The monoisotopic (exact) mass is 765 g/mol. The average Bonchev–Trinajstić information content (AvgIpc) is 3.12. The first kappa shape index (κ1) is 41.8. The van der Waals surface area contributed by atoms with Crippen molar-refractivity contribution >= 4 is 23.9 Å². The SMILES string of the molecule is CCC1(CC)CC(=O)N([C@H]2C[C@H](COCCOCCOCCNC(=O)OC(C)(C)C)Oc3ccc(C(=O)N[C@H]4CC(C)(C)Oc5ccccc54)cc32)C(=N)N1. The molecule has 55 heavy (non-hydrogen) atoms. The van der Waals surface area contributed by atoms with E-state index < -0.39 is 35.0 Å². The predicted molar refractivity (Wildman–Crippen MR) is 207 cm³/mol. The van der Waals surface area contributed by atoms with E-state index >= 15 is 0 Å². The van der Waals surface area contributed by atoms with Gasteiger partial charge in [-0.2, -0.15) is 0 Å². The minimum absolute atomic E-state index is 0.0459. The number of carbonyl (C=O) groups is 3. The lowest BCUT2D eigenvalue weighted by molar-refractivity contribution is -0.133. The van der Waals surface area contributed by atoms with Crippen molar-refractivity contribution in [3.8, 4) is 11.5 Å². The number of carbonyl (C=O) groups excluding carboxylic acids is 3. The second kappa shape index (κ2) is 18.0. The molecule has 3 aliphatic rings. The number of rotatable bonds is 16. The number of nitrogens with zero attached hydrogens (tertiary/aromatic N) is 1. The second-order valence-corrected chi connectivity index (χ2v) is 16.0. The molecule has 5 rings (SSSR count). The van der Waals surface area contributed by atoms with E-state index in [1.807, 2.05) is 52.0 Å². The van der Waals surface area contributed by atoms with Crippen LogP contribution in [0, 0.1) is 5.41 Å². The molecule has 2 aromatic rings. The Kier molecular flexibility index (Phi) is 13.7. The first-order valence-electron chi connectivity index (χ1n) is 19.4. The number of nitrogens with one attached hydrogen (secondary N) is 4. The zero-order valence-corrected chi connectivity index (χ0v) is 33.4. The summed E-state index contributed by atoms with van der Waals surface area (Å²) in [6.07, 6.45) is 1.75. The Labute approximate surface area is 324 Å². The second-order valence-electron chi connectivity index (χ2n) is 16.0. The van der Waals surface area contributed by atoms with Crippen LogP contribution in [0.3, 0.4) is 0 Å². The number of hydrogen-bond acceptors (Lipinski definition) is 10. The van der Waals surface area contributed by atoms with Gasteiger partial charge in [-0.3, -0.25) is 19.9 Å². The lowest BCUT2D eigenvalue weighted by Crippen LogP contribution is -2.63. The van der Waals surface area contributed by atoms with E-state index in [0.717, 1.165) is 11.3 Å². The maximum absolute atomic E-state index is 13.9. The Hall–Kier alpha value is -4.40. The Bertz CT molecular complexity index is 1650. The molecule has 0 aliphatic carbocycles.